The number of amides is 2. The lowest BCUT2D eigenvalue weighted by Gasteiger charge is -2.40. The third kappa shape index (κ3) is 1.69. The topological polar surface area (TPSA) is 82.9 Å². The zero-order chi connectivity index (χ0) is 20.2. The van der Waals surface area contributed by atoms with Crippen LogP contribution in [0.2, 0.25) is 0 Å². The average Bonchev–Trinajstić information content (AvgIpc) is 3.32. The molecular formula is C18H16BrN3O4S2. The highest BCUT2D eigenvalue weighted by Crippen LogP contribution is 2.66. The Labute approximate surface area is 177 Å². The van der Waals surface area contributed by atoms with Crippen LogP contribution in [0, 0.1) is 16.7 Å². The van der Waals surface area contributed by atoms with Crippen molar-refractivity contribution < 1.29 is 19.1 Å². The van der Waals surface area contributed by atoms with Crippen LogP contribution < -0.4 is 9.47 Å². The minimum absolute atomic E-state index is 0.0681. The lowest BCUT2D eigenvalue weighted by Crippen LogP contribution is -2.60. The fourth-order valence-corrected chi connectivity index (χ4v) is 9.04. The van der Waals surface area contributed by atoms with E-state index in [-0.39, 0.29) is 25.0 Å². The molecule has 0 N–H and O–H groups in total. The summed E-state index contributed by atoms with van der Waals surface area (Å²) in [5, 5.41) is 10.1. The maximum atomic E-state index is 13.6. The van der Waals surface area contributed by atoms with Crippen LogP contribution in [0.3, 0.4) is 0 Å². The fourth-order valence-electron chi connectivity index (χ4n) is 5.00. The molecule has 4 heterocycles. The monoisotopic (exact) mass is 481 g/mol. The van der Waals surface area contributed by atoms with Gasteiger partial charge in [0, 0.05) is 23.5 Å². The van der Waals surface area contributed by atoms with E-state index in [0.29, 0.717) is 21.5 Å². The molecule has 0 aliphatic carbocycles. The highest BCUT2D eigenvalue weighted by molar-refractivity contribution is 9.10. The maximum absolute atomic E-state index is 13.6. The van der Waals surface area contributed by atoms with Gasteiger partial charge in [0.2, 0.25) is 6.79 Å². The molecule has 10 heteroatoms. The van der Waals surface area contributed by atoms with Crippen molar-refractivity contribution >= 4 is 48.4 Å². The highest BCUT2D eigenvalue weighted by atomic mass is 79.9. The number of rotatable bonds is 1. The van der Waals surface area contributed by atoms with Gasteiger partial charge in [-0.3, -0.25) is 9.59 Å². The van der Waals surface area contributed by atoms with E-state index in [9.17, 15) is 14.9 Å². The number of likely N-dealkylation sites (N-methyl/N-ethyl adjacent to an activating group) is 1. The lowest BCUT2D eigenvalue weighted by atomic mass is 9.79. The molecule has 4 aliphatic heterocycles. The summed E-state index contributed by atoms with van der Waals surface area (Å²) in [6, 6.07) is 5.30. The highest BCUT2D eigenvalue weighted by Gasteiger charge is 2.81. The number of hydrogen-bond acceptors (Lipinski definition) is 6. The second-order valence-corrected chi connectivity index (χ2v) is 11.7. The van der Waals surface area contributed by atoms with Crippen LogP contribution in [-0.2, 0) is 30.2 Å². The summed E-state index contributed by atoms with van der Waals surface area (Å²) in [5.41, 5.74) is -0.353. The summed E-state index contributed by atoms with van der Waals surface area (Å²) < 4.78 is 11.9. The van der Waals surface area contributed by atoms with Crippen LogP contribution in [0.5, 0.6) is 11.5 Å². The molecule has 146 valence electrons. The van der Waals surface area contributed by atoms with E-state index in [4.69, 9.17) is 20.7 Å². The number of piperazine rings is 1. The van der Waals surface area contributed by atoms with Crippen molar-refractivity contribution in [3.63, 3.8) is 0 Å². The van der Waals surface area contributed by atoms with Crippen molar-refractivity contribution in [3.05, 3.63) is 22.2 Å². The molecule has 3 saturated heterocycles. The van der Waals surface area contributed by atoms with Crippen LogP contribution in [0.4, 0.5) is 0 Å². The van der Waals surface area contributed by atoms with Crippen molar-refractivity contribution in [2.45, 2.75) is 36.1 Å². The minimum atomic E-state index is -1.17. The zero-order valence-corrected chi connectivity index (χ0v) is 18.5. The van der Waals surface area contributed by atoms with Crippen molar-refractivity contribution in [1.29, 1.82) is 5.26 Å². The van der Waals surface area contributed by atoms with Crippen LogP contribution in [0.1, 0.15) is 31.9 Å². The number of carbonyl (C=O) groups is 2. The summed E-state index contributed by atoms with van der Waals surface area (Å²) in [6.07, 6.45) is 0.204. The molecule has 2 bridgehead atoms. The van der Waals surface area contributed by atoms with Gasteiger partial charge >= 0.3 is 0 Å². The van der Waals surface area contributed by atoms with Gasteiger partial charge in [-0.15, -0.1) is 0 Å². The van der Waals surface area contributed by atoms with Gasteiger partial charge < -0.3 is 19.3 Å². The van der Waals surface area contributed by atoms with Gasteiger partial charge in [0.25, 0.3) is 11.8 Å². The molecule has 0 aromatic heterocycles. The molecule has 5 unspecified atom stereocenters. The first-order valence-electron chi connectivity index (χ1n) is 8.68. The predicted octanol–water partition coefficient (Wildman–Crippen LogP) is 1.96. The Kier molecular flexibility index (Phi) is 3.44. The Morgan fingerprint density at radius 1 is 1.32 bits per heavy atom. The van der Waals surface area contributed by atoms with E-state index in [1.807, 2.05) is 6.07 Å². The van der Waals surface area contributed by atoms with Crippen molar-refractivity contribution in [1.82, 2.24) is 9.80 Å². The molecule has 1 aromatic carbocycles. The fraction of sp³-hybridized carbons (Fsp3) is 0.500. The molecule has 3 fully saturated rings. The van der Waals surface area contributed by atoms with Gasteiger partial charge in [-0.2, -0.15) is 5.26 Å². The molecule has 5 atom stereocenters. The Hall–Kier alpha value is -1.70. The largest absolute Gasteiger partial charge is 0.454 e. The first-order valence-corrected chi connectivity index (χ1v) is 11.6. The third-order valence-corrected chi connectivity index (χ3v) is 11.3. The van der Waals surface area contributed by atoms with Gasteiger partial charge in [-0.1, -0.05) is 25.4 Å². The molecule has 0 saturated carbocycles. The van der Waals surface area contributed by atoms with Gasteiger partial charge in [-0.25, -0.2) is 0 Å². The molecule has 1 aromatic rings. The van der Waals surface area contributed by atoms with Gasteiger partial charge in [0.15, 0.2) is 21.2 Å². The standard InChI is InChI=1S/C18H16BrN3O4S2/c1-16(7-20)6-18-15(24)21(3)17(2,28(18)27)14(23)22(18)13(16)11-9(19)4-5-10-12(11)26-8-25-10/h4-5,13H,6,8H2,1-3H3. The van der Waals surface area contributed by atoms with Crippen LogP contribution in [0.15, 0.2) is 16.6 Å². The average molecular weight is 482 g/mol. The number of nitriles is 1. The molecular weight excluding hydrogens is 466 g/mol. The van der Waals surface area contributed by atoms with Crippen molar-refractivity contribution in [2.75, 3.05) is 13.8 Å². The minimum Gasteiger partial charge on any atom is -0.454 e. The summed E-state index contributed by atoms with van der Waals surface area (Å²) >= 11 is 9.36. The predicted molar refractivity (Wildman–Crippen MR) is 107 cm³/mol. The molecule has 2 amide bonds. The Morgan fingerprint density at radius 3 is 2.71 bits per heavy atom. The number of carbonyl (C=O) groups excluding carboxylic acids is 2. The van der Waals surface area contributed by atoms with Crippen molar-refractivity contribution in [2.24, 2.45) is 5.41 Å². The molecule has 28 heavy (non-hydrogen) atoms. The number of hydrogen-bond donors (Lipinski definition) is 0. The molecule has 5 rings (SSSR count). The van der Waals surface area contributed by atoms with Crippen LogP contribution in [-0.4, -0.2) is 45.2 Å². The number of halogens is 1. The number of fused-ring (bicyclic) bond motifs is 2. The summed E-state index contributed by atoms with van der Waals surface area (Å²) in [6.45, 7) is 3.59. The molecule has 4 aliphatic rings. The summed E-state index contributed by atoms with van der Waals surface area (Å²) in [5.74, 6) is 0.671. The van der Waals surface area contributed by atoms with E-state index in [1.165, 1.54) is 4.90 Å². The van der Waals surface area contributed by atoms with Gasteiger partial charge in [0.1, 0.15) is 0 Å². The summed E-state index contributed by atoms with van der Waals surface area (Å²) in [7, 11) is 0.644. The first-order chi connectivity index (χ1) is 13.1. The Morgan fingerprint density at radius 2 is 2.04 bits per heavy atom. The number of nitrogens with zero attached hydrogens (tertiary/aromatic N) is 3. The Bertz CT molecular complexity index is 1060. The van der Waals surface area contributed by atoms with Crippen LogP contribution >= 0.6 is 15.9 Å². The van der Waals surface area contributed by atoms with E-state index in [2.05, 4.69) is 22.0 Å². The van der Waals surface area contributed by atoms with Gasteiger partial charge in [0.05, 0.1) is 17.5 Å². The maximum Gasteiger partial charge on any atom is 0.261 e. The molecule has 0 radical (unpaired) electrons. The second-order valence-electron chi connectivity index (χ2n) is 7.88. The van der Waals surface area contributed by atoms with E-state index in [0.717, 1.165) is 0 Å². The van der Waals surface area contributed by atoms with Crippen molar-refractivity contribution in [3.8, 4) is 17.6 Å². The second kappa shape index (κ2) is 5.26. The van der Waals surface area contributed by atoms with E-state index >= 15 is 0 Å². The van der Waals surface area contributed by atoms with Crippen LogP contribution in [0.25, 0.3) is 0 Å². The van der Waals surface area contributed by atoms with E-state index < -0.39 is 30.7 Å². The number of benzene rings is 1. The van der Waals surface area contributed by atoms with E-state index in [1.54, 1.807) is 31.9 Å². The normalized spacial score (nSPS) is 40.2. The smallest absolute Gasteiger partial charge is 0.261 e. The summed E-state index contributed by atoms with van der Waals surface area (Å²) in [4.78, 5) is 27.8. The molecule has 7 nitrogen and oxygen atoms in total. The number of ether oxygens (including phenoxy) is 2. The SMILES string of the molecule is CN1C(=O)C23CC(C)(C#N)C(c4c(Br)ccc5c4OCO5)N2C(=O)C1(C)S3=S. The van der Waals surface area contributed by atoms with Gasteiger partial charge in [-0.05, 0) is 37.2 Å². The zero-order valence-electron chi connectivity index (χ0n) is 15.3. The lowest BCUT2D eigenvalue weighted by molar-refractivity contribution is -0.159. The quantitative estimate of drug-likeness (QED) is 0.609. The third-order valence-electron chi connectivity index (χ3n) is 6.47. The Balaban J connectivity index is 1.81. The first kappa shape index (κ1) is 18.3. The molecule has 1 spiro atoms.